The molecule has 0 spiro atoms. The number of rotatable bonds is 5. The Labute approximate surface area is 131 Å². The van der Waals surface area contributed by atoms with Crippen LogP contribution in [0.2, 0.25) is 0 Å². The van der Waals surface area contributed by atoms with Gasteiger partial charge in [0.15, 0.2) is 5.82 Å². The summed E-state index contributed by atoms with van der Waals surface area (Å²) in [6.07, 6.45) is 3.52. The van der Waals surface area contributed by atoms with E-state index in [0.29, 0.717) is 23.1 Å². The lowest BCUT2D eigenvalue weighted by molar-refractivity contribution is 0.103. The van der Waals surface area contributed by atoms with Crippen LogP contribution in [0.15, 0.2) is 54.2 Å². The molecule has 3 aromatic heterocycles. The maximum absolute atomic E-state index is 11.9. The fourth-order valence-electron chi connectivity index (χ4n) is 1.77. The lowest BCUT2D eigenvalue weighted by Crippen LogP contribution is -2.12. The minimum atomic E-state index is -0.180. The third-order valence-electron chi connectivity index (χ3n) is 2.85. The molecule has 7 heteroatoms. The molecule has 110 valence electrons. The zero-order chi connectivity index (χ0) is 15.2. The van der Waals surface area contributed by atoms with Gasteiger partial charge in [-0.2, -0.15) is 0 Å². The maximum Gasteiger partial charge on any atom is 0.266 e. The molecule has 0 aliphatic rings. The fraction of sp³-hybridized carbons (Fsp3) is 0.0667. The normalized spacial score (nSPS) is 10.2. The topological polar surface area (TPSA) is 79.8 Å². The van der Waals surface area contributed by atoms with E-state index < -0.39 is 0 Å². The Bertz CT molecular complexity index is 728. The Balaban J connectivity index is 1.57. The molecule has 0 fully saturated rings. The van der Waals surface area contributed by atoms with E-state index in [-0.39, 0.29) is 5.91 Å². The van der Waals surface area contributed by atoms with Crippen LogP contribution in [0, 0.1) is 0 Å². The van der Waals surface area contributed by atoms with Gasteiger partial charge < -0.3 is 10.6 Å². The summed E-state index contributed by atoms with van der Waals surface area (Å²) in [5.74, 6) is 0.878. The van der Waals surface area contributed by atoms with Crippen molar-refractivity contribution in [1.29, 1.82) is 0 Å². The smallest absolute Gasteiger partial charge is 0.266 e. The van der Waals surface area contributed by atoms with Gasteiger partial charge in [-0.05, 0) is 35.2 Å². The van der Waals surface area contributed by atoms with Crippen LogP contribution in [0.3, 0.4) is 0 Å². The van der Waals surface area contributed by atoms with Crippen LogP contribution in [0.1, 0.15) is 15.2 Å². The van der Waals surface area contributed by atoms with Gasteiger partial charge in [0, 0.05) is 18.9 Å². The van der Waals surface area contributed by atoms with Gasteiger partial charge in [-0.25, -0.2) is 0 Å². The van der Waals surface area contributed by atoms with Crippen molar-refractivity contribution < 1.29 is 4.79 Å². The second-order valence-electron chi connectivity index (χ2n) is 4.45. The number of anilines is 2. The lowest BCUT2D eigenvalue weighted by atomic mass is 10.3. The molecule has 0 saturated heterocycles. The average molecular weight is 311 g/mol. The monoisotopic (exact) mass is 311 g/mol. The first-order chi connectivity index (χ1) is 10.8. The first-order valence-corrected chi connectivity index (χ1v) is 7.50. The summed E-state index contributed by atoms with van der Waals surface area (Å²) in [6.45, 7) is 0.615. The molecule has 0 aliphatic heterocycles. The van der Waals surface area contributed by atoms with E-state index in [1.807, 2.05) is 23.6 Å². The largest absolute Gasteiger partial charge is 0.364 e. The number of thiophene rings is 1. The van der Waals surface area contributed by atoms with Crippen LogP contribution in [-0.2, 0) is 6.54 Å². The molecule has 0 atom stereocenters. The van der Waals surface area contributed by atoms with Gasteiger partial charge in [-0.3, -0.25) is 9.78 Å². The SMILES string of the molecule is O=C(Nc1ccc(NCc2cccnc2)nn1)c1cccs1. The minimum Gasteiger partial charge on any atom is -0.364 e. The third kappa shape index (κ3) is 3.64. The van der Waals surface area contributed by atoms with Crippen molar-refractivity contribution in [2.75, 3.05) is 10.6 Å². The molecular formula is C15H13N5OS. The number of carbonyl (C=O) groups is 1. The van der Waals surface area contributed by atoms with Crippen molar-refractivity contribution in [3.05, 3.63) is 64.6 Å². The number of pyridine rings is 1. The van der Waals surface area contributed by atoms with Crippen molar-refractivity contribution in [2.45, 2.75) is 6.54 Å². The molecule has 0 unspecified atom stereocenters. The number of hydrogen-bond acceptors (Lipinski definition) is 6. The van der Waals surface area contributed by atoms with E-state index in [1.54, 1.807) is 30.6 Å². The Hall–Kier alpha value is -2.80. The van der Waals surface area contributed by atoms with Crippen molar-refractivity contribution >= 4 is 28.9 Å². The highest BCUT2D eigenvalue weighted by atomic mass is 32.1. The van der Waals surface area contributed by atoms with E-state index in [0.717, 1.165) is 5.56 Å². The predicted molar refractivity (Wildman–Crippen MR) is 85.9 cm³/mol. The molecule has 3 aromatic rings. The van der Waals surface area contributed by atoms with Crippen LogP contribution in [0.5, 0.6) is 0 Å². The highest BCUT2D eigenvalue weighted by Gasteiger charge is 2.07. The fourth-order valence-corrected chi connectivity index (χ4v) is 2.39. The Kier molecular flexibility index (Phi) is 4.35. The van der Waals surface area contributed by atoms with Gasteiger partial charge in [0.1, 0.15) is 5.82 Å². The first-order valence-electron chi connectivity index (χ1n) is 6.62. The summed E-state index contributed by atoms with van der Waals surface area (Å²) < 4.78 is 0. The number of carbonyl (C=O) groups excluding carboxylic acids is 1. The molecule has 3 rings (SSSR count). The van der Waals surface area contributed by atoms with Gasteiger partial charge in [0.2, 0.25) is 0 Å². The molecule has 0 saturated carbocycles. The van der Waals surface area contributed by atoms with Crippen LogP contribution in [0.25, 0.3) is 0 Å². The van der Waals surface area contributed by atoms with Crippen LogP contribution in [-0.4, -0.2) is 21.1 Å². The van der Waals surface area contributed by atoms with E-state index in [2.05, 4.69) is 25.8 Å². The first kappa shape index (κ1) is 14.2. The molecule has 22 heavy (non-hydrogen) atoms. The van der Waals surface area contributed by atoms with Gasteiger partial charge >= 0.3 is 0 Å². The second kappa shape index (κ2) is 6.77. The van der Waals surface area contributed by atoms with Gasteiger partial charge in [0.05, 0.1) is 4.88 Å². The summed E-state index contributed by atoms with van der Waals surface area (Å²) in [5.41, 5.74) is 1.05. The molecular weight excluding hydrogens is 298 g/mol. The number of hydrogen-bond donors (Lipinski definition) is 2. The number of amides is 1. The van der Waals surface area contributed by atoms with Gasteiger partial charge in [0.25, 0.3) is 5.91 Å². The van der Waals surface area contributed by atoms with Crippen LogP contribution >= 0.6 is 11.3 Å². The average Bonchev–Trinajstić information content (AvgIpc) is 3.10. The molecule has 0 radical (unpaired) electrons. The molecule has 2 N–H and O–H groups in total. The molecule has 3 heterocycles. The number of aromatic nitrogens is 3. The van der Waals surface area contributed by atoms with Crippen LogP contribution in [0.4, 0.5) is 11.6 Å². The zero-order valence-corrected chi connectivity index (χ0v) is 12.4. The highest BCUT2D eigenvalue weighted by molar-refractivity contribution is 7.12. The van der Waals surface area contributed by atoms with Crippen molar-refractivity contribution in [3.8, 4) is 0 Å². The summed E-state index contributed by atoms with van der Waals surface area (Å²) >= 11 is 1.38. The molecule has 0 bridgehead atoms. The van der Waals surface area contributed by atoms with E-state index in [4.69, 9.17) is 0 Å². The molecule has 0 aromatic carbocycles. The summed E-state index contributed by atoms with van der Waals surface area (Å²) in [6, 6.07) is 10.9. The second-order valence-corrected chi connectivity index (χ2v) is 5.40. The van der Waals surface area contributed by atoms with E-state index in [9.17, 15) is 4.79 Å². The Morgan fingerprint density at radius 2 is 1.95 bits per heavy atom. The molecule has 1 amide bonds. The van der Waals surface area contributed by atoms with E-state index in [1.165, 1.54) is 11.3 Å². The highest BCUT2D eigenvalue weighted by Crippen LogP contribution is 2.12. The summed E-state index contributed by atoms with van der Waals surface area (Å²) in [4.78, 5) is 16.6. The standard InChI is InChI=1S/C15H13N5OS/c21-15(12-4-2-8-22-12)18-14-6-5-13(19-20-14)17-10-11-3-1-7-16-9-11/h1-9H,10H2,(H,17,19)(H,18,20,21). The van der Waals surface area contributed by atoms with Crippen LogP contribution < -0.4 is 10.6 Å². The molecule has 6 nitrogen and oxygen atoms in total. The zero-order valence-electron chi connectivity index (χ0n) is 11.6. The predicted octanol–water partition coefficient (Wildman–Crippen LogP) is 2.80. The van der Waals surface area contributed by atoms with Crippen molar-refractivity contribution in [2.24, 2.45) is 0 Å². The third-order valence-corrected chi connectivity index (χ3v) is 3.72. The van der Waals surface area contributed by atoms with Crippen molar-refractivity contribution in [3.63, 3.8) is 0 Å². The molecule has 0 aliphatic carbocycles. The van der Waals surface area contributed by atoms with Gasteiger partial charge in [-0.1, -0.05) is 12.1 Å². The Morgan fingerprint density at radius 3 is 2.64 bits per heavy atom. The maximum atomic E-state index is 11.9. The number of nitrogens with one attached hydrogen (secondary N) is 2. The summed E-state index contributed by atoms with van der Waals surface area (Å²) in [5, 5.41) is 15.7. The number of nitrogens with zero attached hydrogens (tertiary/aromatic N) is 3. The van der Waals surface area contributed by atoms with Crippen molar-refractivity contribution in [1.82, 2.24) is 15.2 Å². The summed E-state index contributed by atoms with van der Waals surface area (Å²) in [7, 11) is 0. The quantitative estimate of drug-likeness (QED) is 0.757. The van der Waals surface area contributed by atoms with Gasteiger partial charge in [-0.15, -0.1) is 21.5 Å². The van der Waals surface area contributed by atoms with E-state index >= 15 is 0 Å². The lowest BCUT2D eigenvalue weighted by Gasteiger charge is -2.06. The Morgan fingerprint density at radius 1 is 1.09 bits per heavy atom. The minimum absolute atomic E-state index is 0.180.